The van der Waals surface area contributed by atoms with Gasteiger partial charge in [-0.3, -0.25) is 0 Å². The summed E-state index contributed by atoms with van der Waals surface area (Å²) in [5.74, 6) is 0.705. The molecule has 1 saturated carbocycles. The van der Waals surface area contributed by atoms with Gasteiger partial charge in [-0.1, -0.05) is 32.6 Å². The third-order valence-corrected chi connectivity index (χ3v) is 4.27. The van der Waals surface area contributed by atoms with Crippen LogP contribution in [0.15, 0.2) is 0 Å². The second-order valence-corrected chi connectivity index (χ2v) is 5.51. The second-order valence-electron chi connectivity index (χ2n) is 4.45. The summed E-state index contributed by atoms with van der Waals surface area (Å²) < 4.78 is 0. The molecule has 1 aromatic heterocycles. The summed E-state index contributed by atoms with van der Waals surface area (Å²) in [6, 6.07) is 0. The molecule has 1 aliphatic rings. The molecular formula is C12H20N2S. The zero-order valence-electron chi connectivity index (χ0n) is 9.46. The Morgan fingerprint density at radius 2 is 2.07 bits per heavy atom. The van der Waals surface area contributed by atoms with Gasteiger partial charge in [0.15, 0.2) is 0 Å². The molecule has 84 valence electrons. The summed E-state index contributed by atoms with van der Waals surface area (Å²) in [7, 11) is 0. The Kier molecular flexibility index (Phi) is 3.62. The average molecular weight is 224 g/mol. The Morgan fingerprint density at radius 3 is 2.73 bits per heavy atom. The predicted molar refractivity (Wildman–Crippen MR) is 66.3 cm³/mol. The van der Waals surface area contributed by atoms with Crippen LogP contribution in [0, 0.1) is 0 Å². The van der Waals surface area contributed by atoms with E-state index in [1.54, 1.807) is 11.3 Å². The highest BCUT2D eigenvalue weighted by Crippen LogP contribution is 2.36. The van der Waals surface area contributed by atoms with Crippen molar-refractivity contribution in [3.63, 3.8) is 0 Å². The molecule has 0 unspecified atom stereocenters. The maximum Gasteiger partial charge on any atom is 0.109 e. The van der Waals surface area contributed by atoms with Gasteiger partial charge in [0.1, 0.15) is 5.00 Å². The molecule has 2 N–H and O–H groups in total. The molecule has 0 amide bonds. The lowest BCUT2D eigenvalue weighted by Crippen LogP contribution is -2.04. The zero-order chi connectivity index (χ0) is 10.7. The Balaban J connectivity index is 2.10. The van der Waals surface area contributed by atoms with E-state index in [4.69, 9.17) is 10.7 Å². The van der Waals surface area contributed by atoms with Crippen molar-refractivity contribution < 1.29 is 0 Å². The minimum Gasteiger partial charge on any atom is -0.389 e. The lowest BCUT2D eigenvalue weighted by molar-refractivity contribution is 0.442. The number of hydrogen-bond acceptors (Lipinski definition) is 3. The van der Waals surface area contributed by atoms with Gasteiger partial charge >= 0.3 is 0 Å². The maximum absolute atomic E-state index is 5.99. The van der Waals surface area contributed by atoms with E-state index in [2.05, 4.69) is 6.92 Å². The Hall–Kier alpha value is -0.570. The highest BCUT2D eigenvalue weighted by Gasteiger charge is 2.20. The predicted octanol–water partition coefficient (Wildman–Crippen LogP) is 3.73. The van der Waals surface area contributed by atoms with Crippen LogP contribution in [0.25, 0.3) is 0 Å². The molecule has 0 spiro atoms. The molecule has 0 saturated heterocycles. The molecule has 0 aromatic carbocycles. The fraction of sp³-hybridized carbons (Fsp3) is 0.750. The summed E-state index contributed by atoms with van der Waals surface area (Å²) in [5, 5.41) is 2.26. The molecule has 0 atom stereocenters. The first-order chi connectivity index (χ1) is 7.31. The van der Waals surface area contributed by atoms with Crippen molar-refractivity contribution in [3.8, 4) is 0 Å². The first kappa shape index (κ1) is 10.9. The van der Waals surface area contributed by atoms with Crippen molar-refractivity contribution in [2.45, 2.75) is 57.8 Å². The SMILES string of the molecule is CCCc1nc(C2CCCCC2)sc1N. The molecule has 1 aromatic rings. The Labute approximate surface area is 95.9 Å². The van der Waals surface area contributed by atoms with Gasteiger partial charge in [0.05, 0.1) is 10.7 Å². The molecule has 1 aliphatic carbocycles. The second kappa shape index (κ2) is 4.97. The highest BCUT2D eigenvalue weighted by atomic mass is 32.1. The van der Waals surface area contributed by atoms with Crippen LogP contribution in [0.3, 0.4) is 0 Å². The van der Waals surface area contributed by atoms with E-state index in [1.807, 2.05) is 0 Å². The van der Waals surface area contributed by atoms with Crippen LogP contribution in [0.1, 0.15) is 62.1 Å². The fourth-order valence-electron chi connectivity index (χ4n) is 2.32. The number of anilines is 1. The van der Waals surface area contributed by atoms with Crippen LogP contribution in [0.4, 0.5) is 5.00 Å². The van der Waals surface area contributed by atoms with E-state index >= 15 is 0 Å². The number of aromatic nitrogens is 1. The fourth-order valence-corrected chi connectivity index (χ4v) is 3.37. The van der Waals surface area contributed by atoms with E-state index in [0.29, 0.717) is 5.92 Å². The first-order valence-electron chi connectivity index (χ1n) is 6.06. The maximum atomic E-state index is 5.99. The lowest BCUT2D eigenvalue weighted by atomic mass is 9.90. The normalized spacial score (nSPS) is 18.2. The standard InChI is InChI=1S/C12H20N2S/c1-2-6-10-11(13)15-12(14-10)9-7-4-3-5-8-9/h9H,2-8,13H2,1H3. The van der Waals surface area contributed by atoms with Crippen molar-refractivity contribution in [1.29, 1.82) is 0 Å². The number of thiazole rings is 1. The third-order valence-electron chi connectivity index (χ3n) is 3.19. The van der Waals surface area contributed by atoms with Crippen LogP contribution in [0.5, 0.6) is 0 Å². The van der Waals surface area contributed by atoms with Crippen molar-refractivity contribution >= 4 is 16.3 Å². The van der Waals surface area contributed by atoms with Gasteiger partial charge in [-0.25, -0.2) is 4.98 Å². The minimum absolute atomic E-state index is 0.705. The van der Waals surface area contributed by atoms with Crippen molar-refractivity contribution in [2.24, 2.45) is 0 Å². The molecule has 0 bridgehead atoms. The van der Waals surface area contributed by atoms with Gasteiger partial charge in [-0.2, -0.15) is 0 Å². The highest BCUT2D eigenvalue weighted by molar-refractivity contribution is 7.15. The van der Waals surface area contributed by atoms with Crippen LogP contribution in [-0.2, 0) is 6.42 Å². The number of rotatable bonds is 3. The molecule has 15 heavy (non-hydrogen) atoms. The van der Waals surface area contributed by atoms with Crippen LogP contribution < -0.4 is 5.73 Å². The van der Waals surface area contributed by atoms with E-state index in [0.717, 1.165) is 23.5 Å². The number of nitrogen functional groups attached to an aromatic ring is 1. The number of nitrogens with zero attached hydrogens (tertiary/aromatic N) is 1. The van der Waals surface area contributed by atoms with Crippen molar-refractivity contribution in [2.75, 3.05) is 5.73 Å². The monoisotopic (exact) mass is 224 g/mol. The topological polar surface area (TPSA) is 38.9 Å². The van der Waals surface area contributed by atoms with Gasteiger partial charge in [0.25, 0.3) is 0 Å². The quantitative estimate of drug-likeness (QED) is 0.849. The zero-order valence-corrected chi connectivity index (χ0v) is 10.3. The van der Waals surface area contributed by atoms with Crippen LogP contribution in [-0.4, -0.2) is 4.98 Å². The largest absolute Gasteiger partial charge is 0.389 e. The lowest BCUT2D eigenvalue weighted by Gasteiger charge is -2.18. The Morgan fingerprint density at radius 1 is 1.33 bits per heavy atom. The minimum atomic E-state index is 0.705. The van der Waals surface area contributed by atoms with E-state index in [9.17, 15) is 0 Å². The van der Waals surface area contributed by atoms with Gasteiger partial charge in [-0.05, 0) is 19.3 Å². The van der Waals surface area contributed by atoms with Crippen molar-refractivity contribution in [3.05, 3.63) is 10.7 Å². The number of aryl methyl sites for hydroxylation is 1. The average Bonchev–Trinajstić information content (AvgIpc) is 2.63. The number of hydrogen-bond donors (Lipinski definition) is 1. The van der Waals surface area contributed by atoms with Gasteiger partial charge in [0.2, 0.25) is 0 Å². The molecular weight excluding hydrogens is 204 g/mol. The summed E-state index contributed by atoms with van der Waals surface area (Å²) in [6.07, 6.45) is 8.95. The van der Waals surface area contributed by atoms with E-state index in [-0.39, 0.29) is 0 Å². The Bertz CT molecular complexity index is 313. The van der Waals surface area contributed by atoms with E-state index < -0.39 is 0 Å². The van der Waals surface area contributed by atoms with Gasteiger partial charge in [-0.15, -0.1) is 11.3 Å². The van der Waals surface area contributed by atoms with Crippen molar-refractivity contribution in [1.82, 2.24) is 4.98 Å². The van der Waals surface area contributed by atoms with E-state index in [1.165, 1.54) is 37.1 Å². The molecule has 0 radical (unpaired) electrons. The molecule has 1 fully saturated rings. The van der Waals surface area contributed by atoms with Crippen LogP contribution >= 0.6 is 11.3 Å². The van der Waals surface area contributed by atoms with Crippen LogP contribution in [0.2, 0.25) is 0 Å². The smallest absolute Gasteiger partial charge is 0.109 e. The molecule has 0 aliphatic heterocycles. The first-order valence-corrected chi connectivity index (χ1v) is 6.88. The molecule has 1 heterocycles. The molecule has 2 nitrogen and oxygen atoms in total. The summed E-state index contributed by atoms with van der Waals surface area (Å²) in [4.78, 5) is 4.72. The number of nitrogens with two attached hydrogens (primary N) is 1. The molecule has 2 rings (SSSR count). The summed E-state index contributed by atoms with van der Waals surface area (Å²) >= 11 is 1.73. The molecule has 3 heteroatoms. The summed E-state index contributed by atoms with van der Waals surface area (Å²) in [6.45, 7) is 2.18. The third kappa shape index (κ3) is 2.51. The van der Waals surface area contributed by atoms with Gasteiger partial charge in [0, 0.05) is 5.92 Å². The summed E-state index contributed by atoms with van der Waals surface area (Å²) in [5.41, 5.74) is 7.13. The van der Waals surface area contributed by atoms with Gasteiger partial charge < -0.3 is 5.73 Å².